The zero-order valence-electron chi connectivity index (χ0n) is 15.4. The highest BCUT2D eigenvalue weighted by molar-refractivity contribution is 7.99. The fourth-order valence-electron chi connectivity index (χ4n) is 3.73. The van der Waals surface area contributed by atoms with Gasteiger partial charge in [0.15, 0.2) is 5.58 Å². The van der Waals surface area contributed by atoms with Crippen LogP contribution in [0, 0.1) is 0 Å². The monoisotopic (exact) mass is 392 g/mol. The van der Waals surface area contributed by atoms with Crippen LogP contribution >= 0.6 is 11.8 Å². The standard InChI is InChI=1S/C25H16N2OS/c1-4-10-22-19(7-1)26-25(28-22)17-13-15-18(16-14-17)27-20-8-2-5-11-23(20)29-24-12-6-3-9-21(24)27/h1-16H. The van der Waals surface area contributed by atoms with Crippen molar-refractivity contribution < 1.29 is 4.42 Å². The highest BCUT2D eigenvalue weighted by Crippen LogP contribution is 2.51. The molecule has 0 saturated heterocycles. The van der Waals surface area contributed by atoms with Gasteiger partial charge in [-0.1, -0.05) is 48.2 Å². The number of hydrogen-bond acceptors (Lipinski definition) is 4. The Kier molecular flexibility index (Phi) is 3.71. The van der Waals surface area contributed by atoms with Crippen molar-refractivity contribution in [1.29, 1.82) is 0 Å². The van der Waals surface area contributed by atoms with Crippen LogP contribution in [0.5, 0.6) is 0 Å². The van der Waals surface area contributed by atoms with E-state index in [4.69, 9.17) is 4.42 Å². The number of benzene rings is 4. The minimum absolute atomic E-state index is 0.646. The third-order valence-electron chi connectivity index (χ3n) is 5.10. The Labute approximate surface area is 172 Å². The lowest BCUT2D eigenvalue weighted by Gasteiger charge is -2.32. The largest absolute Gasteiger partial charge is 0.436 e. The molecular weight excluding hydrogens is 376 g/mol. The zero-order chi connectivity index (χ0) is 19.2. The smallest absolute Gasteiger partial charge is 0.227 e. The van der Waals surface area contributed by atoms with E-state index < -0.39 is 0 Å². The van der Waals surface area contributed by atoms with Gasteiger partial charge in [-0.05, 0) is 60.7 Å². The lowest BCUT2D eigenvalue weighted by Crippen LogP contribution is -2.14. The number of fused-ring (bicyclic) bond motifs is 3. The lowest BCUT2D eigenvalue weighted by molar-refractivity contribution is 0.620. The van der Waals surface area contributed by atoms with E-state index in [1.807, 2.05) is 36.0 Å². The molecule has 29 heavy (non-hydrogen) atoms. The zero-order valence-corrected chi connectivity index (χ0v) is 16.3. The molecule has 4 heteroatoms. The first-order valence-corrected chi connectivity index (χ1v) is 10.3. The second-order valence-electron chi connectivity index (χ2n) is 6.91. The normalized spacial score (nSPS) is 12.6. The van der Waals surface area contributed by atoms with Gasteiger partial charge in [0.05, 0.1) is 11.4 Å². The van der Waals surface area contributed by atoms with Crippen molar-refractivity contribution in [2.75, 3.05) is 4.90 Å². The van der Waals surface area contributed by atoms with E-state index in [1.54, 1.807) is 0 Å². The summed E-state index contributed by atoms with van der Waals surface area (Å²) in [5, 5.41) is 0. The van der Waals surface area contributed by atoms with E-state index in [9.17, 15) is 0 Å². The van der Waals surface area contributed by atoms with Gasteiger partial charge in [-0.15, -0.1) is 0 Å². The Morgan fingerprint density at radius 3 is 1.97 bits per heavy atom. The van der Waals surface area contributed by atoms with Crippen LogP contribution in [0.2, 0.25) is 0 Å². The average molecular weight is 392 g/mol. The summed E-state index contributed by atoms with van der Waals surface area (Å²) in [4.78, 5) is 9.45. The molecule has 0 N–H and O–H groups in total. The molecule has 6 rings (SSSR count). The molecule has 4 aromatic carbocycles. The molecule has 0 aliphatic carbocycles. The van der Waals surface area contributed by atoms with Gasteiger partial charge in [0, 0.05) is 21.0 Å². The number of oxazole rings is 1. The number of anilines is 3. The van der Waals surface area contributed by atoms with Gasteiger partial charge in [0.25, 0.3) is 0 Å². The van der Waals surface area contributed by atoms with Gasteiger partial charge in [0.1, 0.15) is 5.52 Å². The van der Waals surface area contributed by atoms with E-state index in [2.05, 4.69) is 82.7 Å². The van der Waals surface area contributed by atoms with Crippen LogP contribution in [0.1, 0.15) is 0 Å². The van der Waals surface area contributed by atoms with E-state index in [0.717, 1.165) is 22.4 Å². The highest BCUT2D eigenvalue weighted by Gasteiger charge is 2.24. The molecule has 2 heterocycles. The second-order valence-corrected chi connectivity index (χ2v) is 7.99. The molecule has 1 aromatic heterocycles. The number of nitrogens with zero attached hydrogens (tertiary/aromatic N) is 2. The molecule has 3 nitrogen and oxygen atoms in total. The van der Waals surface area contributed by atoms with Crippen molar-refractivity contribution in [3.8, 4) is 11.5 Å². The summed E-state index contributed by atoms with van der Waals surface area (Å²) in [6, 6.07) is 33.3. The van der Waals surface area contributed by atoms with Crippen LogP contribution < -0.4 is 4.90 Å². The Morgan fingerprint density at radius 1 is 0.655 bits per heavy atom. The molecule has 0 bridgehead atoms. The molecule has 0 atom stereocenters. The Bertz CT molecular complexity index is 1260. The maximum absolute atomic E-state index is 5.92. The minimum Gasteiger partial charge on any atom is -0.436 e. The molecule has 0 spiro atoms. The summed E-state index contributed by atoms with van der Waals surface area (Å²) in [5.41, 5.74) is 6.17. The Morgan fingerprint density at radius 2 is 1.28 bits per heavy atom. The SMILES string of the molecule is c1ccc2c(c1)Sc1ccccc1N2c1ccc(-c2nc3ccccc3o2)cc1. The molecular formula is C25H16N2OS. The Balaban J connectivity index is 1.44. The van der Waals surface area contributed by atoms with Gasteiger partial charge in [0.2, 0.25) is 5.89 Å². The number of para-hydroxylation sites is 4. The van der Waals surface area contributed by atoms with Crippen molar-refractivity contribution in [2.24, 2.45) is 0 Å². The van der Waals surface area contributed by atoms with Gasteiger partial charge < -0.3 is 9.32 Å². The fraction of sp³-hybridized carbons (Fsp3) is 0. The predicted octanol–water partition coefficient (Wildman–Crippen LogP) is 7.43. The van der Waals surface area contributed by atoms with Crippen molar-refractivity contribution in [3.05, 3.63) is 97.1 Å². The first-order chi connectivity index (χ1) is 14.4. The molecule has 0 saturated carbocycles. The van der Waals surface area contributed by atoms with E-state index in [1.165, 1.54) is 21.2 Å². The van der Waals surface area contributed by atoms with Gasteiger partial charge >= 0.3 is 0 Å². The van der Waals surface area contributed by atoms with Crippen molar-refractivity contribution >= 4 is 39.9 Å². The summed E-state index contributed by atoms with van der Waals surface area (Å²) >= 11 is 1.82. The van der Waals surface area contributed by atoms with E-state index >= 15 is 0 Å². The Hall–Kier alpha value is -3.50. The lowest BCUT2D eigenvalue weighted by atomic mass is 10.1. The highest BCUT2D eigenvalue weighted by atomic mass is 32.2. The second kappa shape index (κ2) is 6.54. The molecule has 0 radical (unpaired) electrons. The van der Waals surface area contributed by atoms with E-state index in [-0.39, 0.29) is 0 Å². The molecule has 1 aliphatic rings. The molecule has 0 fully saturated rings. The summed E-state index contributed by atoms with van der Waals surface area (Å²) in [6.07, 6.45) is 0. The van der Waals surface area contributed by atoms with Crippen LogP contribution in [0.3, 0.4) is 0 Å². The van der Waals surface area contributed by atoms with Crippen LogP contribution in [0.4, 0.5) is 17.1 Å². The van der Waals surface area contributed by atoms with Crippen LogP contribution in [0.25, 0.3) is 22.6 Å². The summed E-state index contributed by atoms with van der Waals surface area (Å²) in [6.45, 7) is 0. The van der Waals surface area contributed by atoms with E-state index in [0.29, 0.717) is 5.89 Å². The third-order valence-corrected chi connectivity index (χ3v) is 6.23. The first-order valence-electron chi connectivity index (χ1n) is 9.49. The molecule has 138 valence electrons. The minimum atomic E-state index is 0.646. The molecule has 0 unspecified atom stereocenters. The maximum atomic E-state index is 5.92. The summed E-state index contributed by atoms with van der Waals surface area (Å²) < 4.78 is 5.92. The number of hydrogen-bond donors (Lipinski definition) is 0. The predicted molar refractivity (Wildman–Crippen MR) is 118 cm³/mol. The topological polar surface area (TPSA) is 29.3 Å². The van der Waals surface area contributed by atoms with Gasteiger partial charge in [-0.3, -0.25) is 0 Å². The molecule has 1 aliphatic heterocycles. The number of rotatable bonds is 2. The first kappa shape index (κ1) is 16.5. The third kappa shape index (κ3) is 2.72. The van der Waals surface area contributed by atoms with Crippen molar-refractivity contribution in [2.45, 2.75) is 9.79 Å². The fourth-order valence-corrected chi connectivity index (χ4v) is 4.79. The van der Waals surface area contributed by atoms with Crippen LogP contribution in [0.15, 0.2) is 111 Å². The average Bonchev–Trinajstić information content (AvgIpc) is 3.22. The van der Waals surface area contributed by atoms with Crippen LogP contribution in [-0.2, 0) is 0 Å². The summed E-state index contributed by atoms with van der Waals surface area (Å²) in [7, 11) is 0. The summed E-state index contributed by atoms with van der Waals surface area (Å²) in [5.74, 6) is 0.646. The maximum Gasteiger partial charge on any atom is 0.227 e. The number of aromatic nitrogens is 1. The van der Waals surface area contributed by atoms with Crippen molar-refractivity contribution in [1.82, 2.24) is 4.98 Å². The quantitative estimate of drug-likeness (QED) is 0.306. The van der Waals surface area contributed by atoms with Gasteiger partial charge in [-0.25, -0.2) is 4.98 Å². The van der Waals surface area contributed by atoms with Crippen molar-refractivity contribution in [3.63, 3.8) is 0 Å². The molecule has 5 aromatic rings. The van der Waals surface area contributed by atoms with Crippen LogP contribution in [-0.4, -0.2) is 4.98 Å². The van der Waals surface area contributed by atoms with Gasteiger partial charge in [-0.2, -0.15) is 0 Å². The molecule has 0 amide bonds.